The zero-order valence-corrected chi connectivity index (χ0v) is 12.0. The van der Waals surface area contributed by atoms with Crippen molar-refractivity contribution in [3.63, 3.8) is 0 Å². The normalized spacial score (nSPS) is 19.3. The van der Waals surface area contributed by atoms with E-state index in [1.807, 2.05) is 0 Å². The van der Waals surface area contributed by atoms with Crippen molar-refractivity contribution in [2.75, 3.05) is 10.7 Å². The number of anilines is 1. The molecule has 2 heterocycles. The number of hydrogen-bond donors (Lipinski definition) is 0. The molecule has 4 nitrogen and oxygen atoms in total. The number of carbonyl (C=O) groups is 1. The van der Waals surface area contributed by atoms with Crippen LogP contribution in [0.2, 0.25) is 0 Å². The van der Waals surface area contributed by atoms with Gasteiger partial charge in [-0.15, -0.1) is 22.0 Å². The van der Waals surface area contributed by atoms with Crippen molar-refractivity contribution in [1.82, 2.24) is 10.2 Å². The summed E-state index contributed by atoms with van der Waals surface area (Å²) in [5, 5.41) is 7.64. The molecule has 0 spiro atoms. The molecule has 0 aliphatic carbocycles. The molecule has 0 saturated carbocycles. The Kier molecular flexibility index (Phi) is 3.62. The van der Waals surface area contributed by atoms with Gasteiger partial charge in [-0.25, -0.2) is 0 Å². The van der Waals surface area contributed by atoms with E-state index in [0.717, 1.165) is 12.1 Å². The summed E-state index contributed by atoms with van der Waals surface area (Å²) >= 11 is 2.58. The highest BCUT2D eigenvalue weighted by Crippen LogP contribution is 2.42. The van der Waals surface area contributed by atoms with Gasteiger partial charge < -0.3 is 0 Å². The lowest BCUT2D eigenvalue weighted by molar-refractivity contribution is -0.137. The summed E-state index contributed by atoms with van der Waals surface area (Å²) in [6.45, 7) is 0. The number of halogens is 3. The number of rotatable bonds is 2. The smallest absolute Gasteiger partial charge is 0.273 e. The highest BCUT2D eigenvalue weighted by Gasteiger charge is 2.36. The molecule has 110 valence electrons. The lowest BCUT2D eigenvalue weighted by Crippen LogP contribution is -2.27. The maximum Gasteiger partial charge on any atom is 0.416 e. The first-order valence-electron chi connectivity index (χ1n) is 5.84. The van der Waals surface area contributed by atoms with Gasteiger partial charge in [0, 0.05) is 0 Å². The monoisotopic (exact) mass is 331 g/mol. The maximum absolute atomic E-state index is 12.6. The second-order valence-electron chi connectivity index (χ2n) is 4.27. The minimum Gasteiger partial charge on any atom is -0.273 e. The topological polar surface area (TPSA) is 46.1 Å². The van der Waals surface area contributed by atoms with Crippen LogP contribution in [0.1, 0.15) is 16.5 Å². The van der Waals surface area contributed by atoms with E-state index >= 15 is 0 Å². The minimum absolute atomic E-state index is 0.123. The first-order chi connectivity index (χ1) is 9.97. The molecule has 0 bridgehead atoms. The SMILES string of the molecule is O=C1CSC(c2ccc(C(F)(F)F)cc2)N1c1nncs1. The fourth-order valence-electron chi connectivity index (χ4n) is 1.99. The summed E-state index contributed by atoms with van der Waals surface area (Å²) < 4.78 is 37.7. The van der Waals surface area contributed by atoms with Gasteiger partial charge in [0.1, 0.15) is 10.9 Å². The van der Waals surface area contributed by atoms with Crippen LogP contribution in [0.5, 0.6) is 0 Å². The van der Waals surface area contributed by atoms with E-state index in [-0.39, 0.29) is 17.0 Å². The molecule has 9 heteroatoms. The molecule has 1 fully saturated rings. The molecule has 1 aliphatic heterocycles. The summed E-state index contributed by atoms with van der Waals surface area (Å²) in [6.07, 6.45) is -4.36. The first-order valence-corrected chi connectivity index (χ1v) is 7.76. The molecular formula is C12H8F3N3OS2. The summed E-state index contributed by atoms with van der Waals surface area (Å²) in [7, 11) is 0. The number of nitrogens with zero attached hydrogens (tertiary/aromatic N) is 3. The molecule has 3 rings (SSSR count). The van der Waals surface area contributed by atoms with Gasteiger partial charge in [0.05, 0.1) is 11.3 Å². The van der Waals surface area contributed by atoms with E-state index in [2.05, 4.69) is 10.2 Å². The van der Waals surface area contributed by atoms with Crippen LogP contribution in [0, 0.1) is 0 Å². The Balaban J connectivity index is 1.91. The third kappa shape index (κ3) is 2.75. The Morgan fingerprint density at radius 1 is 1.24 bits per heavy atom. The number of benzene rings is 1. The number of carbonyl (C=O) groups excluding carboxylic acids is 1. The molecule has 1 saturated heterocycles. The van der Waals surface area contributed by atoms with Gasteiger partial charge in [-0.2, -0.15) is 13.2 Å². The molecule has 1 aromatic carbocycles. The van der Waals surface area contributed by atoms with Crippen LogP contribution in [-0.4, -0.2) is 21.9 Å². The third-order valence-corrected chi connectivity index (χ3v) is 4.85. The fourth-order valence-corrected chi connectivity index (χ4v) is 3.81. The third-order valence-electron chi connectivity index (χ3n) is 2.95. The van der Waals surface area contributed by atoms with Gasteiger partial charge >= 0.3 is 6.18 Å². The Bertz CT molecular complexity index is 643. The molecule has 1 unspecified atom stereocenters. The Morgan fingerprint density at radius 2 is 1.95 bits per heavy atom. The molecule has 1 aliphatic rings. The number of hydrogen-bond acceptors (Lipinski definition) is 5. The van der Waals surface area contributed by atoms with Gasteiger partial charge in [-0.05, 0) is 17.7 Å². The Hall–Kier alpha value is -1.61. The second-order valence-corrected chi connectivity index (χ2v) is 6.15. The lowest BCUT2D eigenvalue weighted by Gasteiger charge is -2.21. The Morgan fingerprint density at radius 3 is 2.52 bits per heavy atom. The van der Waals surface area contributed by atoms with E-state index in [4.69, 9.17) is 0 Å². The van der Waals surface area contributed by atoms with Gasteiger partial charge in [0.15, 0.2) is 0 Å². The zero-order valence-electron chi connectivity index (χ0n) is 10.4. The first kappa shape index (κ1) is 14.3. The maximum atomic E-state index is 12.6. The highest BCUT2D eigenvalue weighted by molar-refractivity contribution is 8.00. The summed E-state index contributed by atoms with van der Waals surface area (Å²) in [5.41, 5.74) is 1.44. The van der Waals surface area contributed by atoms with Crippen molar-refractivity contribution in [2.24, 2.45) is 0 Å². The zero-order chi connectivity index (χ0) is 15.0. The van der Waals surface area contributed by atoms with Crippen molar-refractivity contribution in [3.05, 3.63) is 40.9 Å². The molecule has 0 radical (unpaired) electrons. The van der Waals surface area contributed by atoms with Crippen LogP contribution in [0.3, 0.4) is 0 Å². The number of alkyl halides is 3. The van der Waals surface area contributed by atoms with Crippen LogP contribution in [0.4, 0.5) is 18.3 Å². The van der Waals surface area contributed by atoms with Crippen molar-refractivity contribution < 1.29 is 18.0 Å². The van der Waals surface area contributed by atoms with Gasteiger partial charge in [-0.3, -0.25) is 9.69 Å². The molecule has 1 aromatic heterocycles. The quantitative estimate of drug-likeness (QED) is 0.847. The molecule has 2 aromatic rings. The van der Waals surface area contributed by atoms with E-state index in [1.54, 1.807) is 0 Å². The average Bonchev–Trinajstić information content (AvgIpc) is 3.06. The van der Waals surface area contributed by atoms with E-state index in [1.165, 1.54) is 45.6 Å². The van der Waals surface area contributed by atoms with Crippen LogP contribution in [0.25, 0.3) is 0 Å². The molecule has 21 heavy (non-hydrogen) atoms. The van der Waals surface area contributed by atoms with E-state index < -0.39 is 11.7 Å². The summed E-state index contributed by atoms with van der Waals surface area (Å²) in [5.74, 6) is 0.146. The number of thioether (sulfide) groups is 1. The molecule has 0 N–H and O–H groups in total. The Labute approximate surface area is 126 Å². The number of aromatic nitrogens is 2. The predicted octanol–water partition coefficient (Wildman–Crippen LogP) is 3.34. The molecule has 1 amide bonds. The largest absolute Gasteiger partial charge is 0.416 e. The van der Waals surface area contributed by atoms with Crippen LogP contribution < -0.4 is 4.90 Å². The van der Waals surface area contributed by atoms with Gasteiger partial charge in [-0.1, -0.05) is 23.5 Å². The summed E-state index contributed by atoms with van der Waals surface area (Å²) in [4.78, 5) is 13.4. The van der Waals surface area contributed by atoms with Crippen molar-refractivity contribution in [2.45, 2.75) is 11.6 Å². The van der Waals surface area contributed by atoms with Gasteiger partial charge in [0.2, 0.25) is 11.0 Å². The van der Waals surface area contributed by atoms with Crippen molar-refractivity contribution in [3.8, 4) is 0 Å². The highest BCUT2D eigenvalue weighted by atomic mass is 32.2. The molecule has 1 atom stereocenters. The van der Waals surface area contributed by atoms with Crippen molar-refractivity contribution in [1.29, 1.82) is 0 Å². The standard InChI is InChI=1S/C12H8F3N3OS2/c13-12(14,15)8-3-1-7(2-4-8)10-18(9(19)5-20-10)11-17-16-6-21-11/h1-4,6,10H,5H2. The van der Waals surface area contributed by atoms with Crippen molar-refractivity contribution >= 4 is 34.1 Å². The minimum atomic E-state index is -4.36. The molecular weight excluding hydrogens is 323 g/mol. The second kappa shape index (κ2) is 5.30. The summed E-state index contributed by atoms with van der Waals surface area (Å²) in [6, 6.07) is 4.84. The van der Waals surface area contributed by atoms with Crippen LogP contribution in [0.15, 0.2) is 29.8 Å². The fraction of sp³-hybridized carbons (Fsp3) is 0.250. The van der Waals surface area contributed by atoms with E-state index in [9.17, 15) is 18.0 Å². The average molecular weight is 331 g/mol. The lowest BCUT2D eigenvalue weighted by atomic mass is 10.1. The van der Waals surface area contributed by atoms with Gasteiger partial charge in [0.25, 0.3) is 0 Å². The van der Waals surface area contributed by atoms with E-state index in [0.29, 0.717) is 10.7 Å². The van der Waals surface area contributed by atoms with Crippen LogP contribution in [-0.2, 0) is 11.0 Å². The van der Waals surface area contributed by atoms with Crippen LogP contribution >= 0.6 is 23.1 Å². The number of amides is 1. The predicted molar refractivity (Wildman–Crippen MR) is 74.0 cm³/mol.